The molecule has 1 saturated carbocycles. The zero-order valence-corrected chi connectivity index (χ0v) is 11.6. The molecule has 1 rings (SSSR count). The van der Waals surface area contributed by atoms with Gasteiger partial charge in [-0.05, 0) is 25.2 Å². The Morgan fingerprint density at radius 1 is 1.61 bits per heavy atom. The highest BCUT2D eigenvalue weighted by Gasteiger charge is 2.42. The molecule has 1 aliphatic rings. The summed E-state index contributed by atoms with van der Waals surface area (Å²) in [5.41, 5.74) is 0.229. The van der Waals surface area contributed by atoms with Crippen molar-refractivity contribution >= 4 is 30.2 Å². The lowest BCUT2D eigenvalue weighted by Gasteiger charge is -2.25. The number of alkyl halides is 3. The summed E-state index contributed by atoms with van der Waals surface area (Å²) >= 11 is 5.20. The van der Waals surface area contributed by atoms with Crippen molar-refractivity contribution in [2.45, 2.75) is 37.1 Å². The van der Waals surface area contributed by atoms with Crippen LogP contribution in [-0.4, -0.2) is 23.3 Å². The van der Waals surface area contributed by atoms with Gasteiger partial charge in [-0.2, -0.15) is 13.2 Å². The van der Waals surface area contributed by atoms with E-state index in [9.17, 15) is 18.0 Å². The second-order valence-corrected chi connectivity index (χ2v) is 5.70. The molecule has 2 unspecified atom stereocenters. The van der Waals surface area contributed by atoms with Crippen LogP contribution in [0.4, 0.5) is 13.2 Å². The van der Waals surface area contributed by atoms with E-state index in [-0.39, 0.29) is 30.6 Å². The van der Waals surface area contributed by atoms with Crippen LogP contribution >= 0.6 is 24.4 Å². The molecule has 0 spiro atoms. The number of hydrogen-bond acceptors (Lipinski definition) is 4. The monoisotopic (exact) mass is 300 g/mol. The molecule has 0 radical (unpaired) electrons. The normalized spacial score (nSPS) is 25.5. The van der Waals surface area contributed by atoms with Crippen molar-refractivity contribution in [1.82, 2.24) is 0 Å². The Hall–Kier alpha value is -0.140. The fraction of sp³-hybridized carbons (Fsp3) is 0.727. The topological polar surface area (TPSA) is 26.3 Å². The van der Waals surface area contributed by atoms with Gasteiger partial charge in [-0.1, -0.05) is 11.8 Å². The van der Waals surface area contributed by atoms with E-state index in [0.29, 0.717) is 6.61 Å². The third kappa shape index (κ3) is 4.85. The van der Waals surface area contributed by atoms with Gasteiger partial charge in [0.05, 0.1) is 5.92 Å². The number of halogens is 3. The minimum atomic E-state index is -4.23. The van der Waals surface area contributed by atoms with Crippen molar-refractivity contribution in [2.75, 3.05) is 6.61 Å². The first-order valence-electron chi connectivity index (χ1n) is 5.58. The molecule has 0 aromatic heterocycles. The Morgan fingerprint density at radius 3 is 2.83 bits per heavy atom. The Balaban J connectivity index is 2.62. The van der Waals surface area contributed by atoms with Gasteiger partial charge in [-0.3, -0.25) is 4.79 Å². The SMILES string of the molecule is CCOC(S)S/C=C1/CC(C(F)(F)F)CCC1=O. The second-order valence-electron chi connectivity index (χ2n) is 3.95. The number of rotatable bonds is 4. The Bertz CT molecular complexity index is 329. The van der Waals surface area contributed by atoms with Crippen molar-refractivity contribution in [3.8, 4) is 0 Å². The molecule has 0 aliphatic heterocycles. The summed E-state index contributed by atoms with van der Waals surface area (Å²) in [7, 11) is 0. The largest absolute Gasteiger partial charge is 0.392 e. The summed E-state index contributed by atoms with van der Waals surface area (Å²) in [6.45, 7) is 2.26. The van der Waals surface area contributed by atoms with E-state index in [1.807, 2.05) is 0 Å². The van der Waals surface area contributed by atoms with Gasteiger partial charge in [0.15, 0.2) is 10.6 Å². The quantitative estimate of drug-likeness (QED) is 0.486. The minimum Gasteiger partial charge on any atom is -0.358 e. The molecule has 0 aromatic carbocycles. The Kier molecular flexibility index (Phi) is 6.07. The van der Waals surface area contributed by atoms with Gasteiger partial charge in [0.1, 0.15) is 0 Å². The number of carbonyl (C=O) groups is 1. The lowest BCUT2D eigenvalue weighted by atomic mass is 9.85. The Labute approximate surface area is 114 Å². The van der Waals surface area contributed by atoms with Gasteiger partial charge >= 0.3 is 6.18 Å². The smallest absolute Gasteiger partial charge is 0.358 e. The van der Waals surface area contributed by atoms with Crippen LogP contribution in [0.3, 0.4) is 0 Å². The molecule has 18 heavy (non-hydrogen) atoms. The third-order valence-electron chi connectivity index (χ3n) is 2.64. The van der Waals surface area contributed by atoms with Crippen molar-refractivity contribution in [2.24, 2.45) is 5.92 Å². The predicted octanol–water partition coefficient (Wildman–Crippen LogP) is 3.78. The maximum absolute atomic E-state index is 12.6. The van der Waals surface area contributed by atoms with Crippen LogP contribution < -0.4 is 0 Å². The van der Waals surface area contributed by atoms with Crippen LogP contribution in [0.25, 0.3) is 0 Å². The number of thioether (sulfide) groups is 1. The van der Waals surface area contributed by atoms with Crippen molar-refractivity contribution in [3.05, 3.63) is 11.0 Å². The number of ether oxygens (including phenoxy) is 1. The molecule has 1 aliphatic carbocycles. The van der Waals surface area contributed by atoms with Gasteiger partial charge in [-0.25, -0.2) is 0 Å². The van der Waals surface area contributed by atoms with E-state index in [1.165, 1.54) is 5.41 Å². The van der Waals surface area contributed by atoms with Crippen LogP contribution in [-0.2, 0) is 9.53 Å². The molecular formula is C11H15F3O2S2. The first kappa shape index (κ1) is 15.9. The highest BCUT2D eigenvalue weighted by atomic mass is 32.2. The molecule has 0 aromatic rings. The lowest BCUT2D eigenvalue weighted by molar-refractivity contribution is -0.178. The minimum absolute atomic E-state index is 0.0392. The molecule has 7 heteroatoms. The molecule has 0 bridgehead atoms. The Morgan fingerprint density at radius 2 is 2.28 bits per heavy atom. The van der Waals surface area contributed by atoms with E-state index in [4.69, 9.17) is 4.74 Å². The van der Waals surface area contributed by atoms with Crippen molar-refractivity contribution in [1.29, 1.82) is 0 Å². The van der Waals surface area contributed by atoms with Gasteiger partial charge in [0, 0.05) is 18.6 Å². The summed E-state index contributed by atoms with van der Waals surface area (Å²) in [5, 5.41) is 1.45. The molecule has 2 atom stereocenters. The van der Waals surface area contributed by atoms with Crippen LogP contribution in [0.2, 0.25) is 0 Å². The molecular weight excluding hydrogens is 285 g/mol. The average molecular weight is 300 g/mol. The van der Waals surface area contributed by atoms with Gasteiger partial charge in [-0.15, -0.1) is 12.6 Å². The van der Waals surface area contributed by atoms with Gasteiger partial charge < -0.3 is 4.74 Å². The zero-order chi connectivity index (χ0) is 13.8. The van der Waals surface area contributed by atoms with Crippen molar-refractivity contribution < 1.29 is 22.7 Å². The predicted molar refractivity (Wildman–Crippen MR) is 68.5 cm³/mol. The summed E-state index contributed by atoms with van der Waals surface area (Å²) in [6.07, 6.45) is -4.62. The van der Waals surface area contributed by atoms with Crippen LogP contribution in [0.15, 0.2) is 11.0 Å². The van der Waals surface area contributed by atoms with Crippen LogP contribution in [0, 0.1) is 5.92 Å². The highest BCUT2D eigenvalue weighted by Crippen LogP contribution is 2.39. The maximum atomic E-state index is 12.6. The lowest BCUT2D eigenvalue weighted by Crippen LogP contribution is -2.29. The third-order valence-corrected chi connectivity index (χ3v) is 3.95. The molecule has 104 valence electrons. The van der Waals surface area contributed by atoms with Gasteiger partial charge in [0.25, 0.3) is 0 Å². The summed E-state index contributed by atoms with van der Waals surface area (Å²) < 4.78 is 42.4. The first-order chi connectivity index (χ1) is 8.34. The maximum Gasteiger partial charge on any atom is 0.392 e. The molecule has 0 amide bonds. The van der Waals surface area contributed by atoms with E-state index < -0.39 is 16.9 Å². The van der Waals surface area contributed by atoms with E-state index in [0.717, 1.165) is 11.8 Å². The zero-order valence-electron chi connectivity index (χ0n) is 9.87. The molecule has 0 heterocycles. The summed E-state index contributed by atoms with van der Waals surface area (Å²) in [4.78, 5) is 11.5. The van der Waals surface area contributed by atoms with E-state index in [1.54, 1.807) is 6.92 Å². The number of hydrogen-bond donors (Lipinski definition) is 1. The number of carbonyl (C=O) groups excluding carboxylic acids is 1. The van der Waals surface area contributed by atoms with E-state index in [2.05, 4.69) is 12.6 Å². The van der Waals surface area contributed by atoms with Crippen LogP contribution in [0.5, 0.6) is 0 Å². The van der Waals surface area contributed by atoms with Crippen molar-refractivity contribution in [3.63, 3.8) is 0 Å². The molecule has 2 nitrogen and oxygen atoms in total. The first-order valence-corrected chi connectivity index (χ1v) is 7.04. The number of Topliss-reactive ketones (excluding diaryl/α,β-unsaturated/α-hetero) is 1. The number of ketones is 1. The molecule has 0 N–H and O–H groups in total. The highest BCUT2D eigenvalue weighted by molar-refractivity contribution is 8.12. The fourth-order valence-electron chi connectivity index (χ4n) is 1.66. The second kappa shape index (κ2) is 6.86. The summed E-state index contributed by atoms with van der Waals surface area (Å²) in [5.74, 6) is -1.62. The average Bonchev–Trinajstić information content (AvgIpc) is 2.26. The van der Waals surface area contributed by atoms with E-state index >= 15 is 0 Å². The standard InChI is InChI=1S/C11H15F3O2S2/c1-2-16-10(17)18-6-7-5-8(11(12,13)14)3-4-9(7)15/h6,8,10,17H,2-5H2,1H3/b7-6-. The summed E-state index contributed by atoms with van der Waals surface area (Å²) in [6, 6.07) is 0. The molecule has 1 fully saturated rings. The van der Waals surface area contributed by atoms with Crippen LogP contribution in [0.1, 0.15) is 26.2 Å². The number of allylic oxidation sites excluding steroid dienone is 1. The van der Waals surface area contributed by atoms with Gasteiger partial charge in [0.2, 0.25) is 0 Å². The number of thiol groups is 1. The fourth-order valence-corrected chi connectivity index (χ4v) is 2.72. The molecule has 0 saturated heterocycles.